The third-order valence-corrected chi connectivity index (χ3v) is 6.73. The van der Waals surface area contributed by atoms with Crippen LogP contribution in [0.2, 0.25) is 0 Å². The quantitative estimate of drug-likeness (QED) is 0.553. The number of rotatable bonds is 8. The fourth-order valence-electron chi connectivity index (χ4n) is 5.10. The number of amides is 2. The molecule has 7 nitrogen and oxygen atoms in total. The Hall–Kier alpha value is -3.45. The number of β-amino-alcohol motifs (C(OH)–C–C–N with tert-alkyl or cyclic N) is 1. The molecule has 2 heterocycles. The van der Waals surface area contributed by atoms with Crippen molar-refractivity contribution < 1.29 is 14.7 Å². The number of nitrogens with two attached hydrogens (primary N) is 1. The van der Waals surface area contributed by atoms with Crippen LogP contribution in [0.4, 0.5) is 5.69 Å². The lowest BCUT2D eigenvalue weighted by molar-refractivity contribution is -0.127. The predicted octanol–water partition coefficient (Wildman–Crippen LogP) is 4.55. The lowest BCUT2D eigenvalue weighted by Crippen LogP contribution is -2.45. The van der Waals surface area contributed by atoms with Crippen LogP contribution < -0.4 is 5.73 Å². The van der Waals surface area contributed by atoms with Gasteiger partial charge >= 0.3 is 0 Å². The van der Waals surface area contributed by atoms with Crippen molar-refractivity contribution in [2.24, 2.45) is 10.7 Å². The lowest BCUT2D eigenvalue weighted by Gasteiger charge is -2.33. The zero-order valence-electron chi connectivity index (χ0n) is 22.4. The van der Waals surface area contributed by atoms with Crippen molar-refractivity contribution in [1.82, 2.24) is 9.80 Å². The predicted molar refractivity (Wildman–Crippen MR) is 149 cm³/mol. The van der Waals surface area contributed by atoms with Crippen molar-refractivity contribution in [2.75, 3.05) is 26.2 Å². The number of benzene rings is 2. The summed E-state index contributed by atoms with van der Waals surface area (Å²) in [6.45, 7) is 9.92. The van der Waals surface area contributed by atoms with Gasteiger partial charge in [0.25, 0.3) is 5.91 Å². The smallest absolute Gasteiger partial charge is 0.254 e. The summed E-state index contributed by atoms with van der Waals surface area (Å²) >= 11 is 0. The van der Waals surface area contributed by atoms with E-state index in [1.54, 1.807) is 18.7 Å². The molecule has 4 rings (SSSR count). The van der Waals surface area contributed by atoms with E-state index in [0.717, 1.165) is 60.3 Å². The van der Waals surface area contributed by atoms with E-state index in [0.29, 0.717) is 36.5 Å². The van der Waals surface area contributed by atoms with E-state index in [4.69, 9.17) is 5.73 Å². The lowest BCUT2D eigenvalue weighted by atomic mass is 9.92. The van der Waals surface area contributed by atoms with Gasteiger partial charge in [0.15, 0.2) is 0 Å². The van der Waals surface area contributed by atoms with E-state index >= 15 is 0 Å². The molecular weight excluding hydrogens is 464 g/mol. The fraction of sp³-hybridized carbons (Fsp3) is 0.433. The minimum Gasteiger partial charge on any atom is -0.389 e. The second-order valence-electron chi connectivity index (χ2n) is 10.7. The van der Waals surface area contributed by atoms with Crippen molar-refractivity contribution in [2.45, 2.75) is 59.0 Å². The first kappa shape index (κ1) is 26.6. The first-order valence-corrected chi connectivity index (χ1v) is 13.2. The van der Waals surface area contributed by atoms with Crippen LogP contribution in [0.1, 0.15) is 68.4 Å². The molecule has 0 bridgehead atoms. The van der Waals surface area contributed by atoms with Gasteiger partial charge in [0, 0.05) is 49.3 Å². The number of hydrogen-bond acceptors (Lipinski definition) is 5. The van der Waals surface area contributed by atoms with Crippen LogP contribution in [-0.2, 0) is 11.2 Å². The van der Waals surface area contributed by atoms with Gasteiger partial charge in [-0.25, -0.2) is 4.99 Å². The molecule has 0 fully saturated rings. The average Bonchev–Trinajstić information content (AvgIpc) is 3.01. The number of fused-ring (bicyclic) bond motifs is 2. The van der Waals surface area contributed by atoms with Gasteiger partial charge in [-0.3, -0.25) is 9.59 Å². The number of hydrogen-bond donors (Lipinski definition) is 2. The van der Waals surface area contributed by atoms with E-state index in [1.807, 2.05) is 41.3 Å². The summed E-state index contributed by atoms with van der Waals surface area (Å²) in [4.78, 5) is 34.5. The minimum absolute atomic E-state index is 0.0248. The molecule has 0 unspecified atom stereocenters. The number of aliphatic hydroxyl groups is 1. The number of aliphatic imine (C=N–C) groups is 1. The van der Waals surface area contributed by atoms with Crippen LogP contribution in [0.25, 0.3) is 17.2 Å². The van der Waals surface area contributed by atoms with Gasteiger partial charge in [-0.15, -0.1) is 0 Å². The Bertz CT molecular complexity index is 1250. The molecular formula is C30H38N4O3. The standard InChI is InChI=1S/C30H38N4O3/c1-5-12-33(13-6-2)28(35)24-16-23-8-7-21(17-26(23)32-27(31)18-24)20-9-10-25-22(15-20)11-14-34(29(25)36)19-30(3,4)37/h7-10,15-17,37H,5-6,11-14,18-19H2,1-4H3,(H2,31,32). The molecule has 3 N–H and O–H groups in total. The van der Waals surface area contributed by atoms with Crippen LogP contribution in [0.3, 0.4) is 0 Å². The van der Waals surface area contributed by atoms with Gasteiger partial charge < -0.3 is 20.6 Å². The molecule has 0 atom stereocenters. The van der Waals surface area contributed by atoms with Crippen molar-refractivity contribution in [3.8, 4) is 11.1 Å². The van der Waals surface area contributed by atoms with Gasteiger partial charge in [0.2, 0.25) is 5.91 Å². The first-order chi connectivity index (χ1) is 17.6. The van der Waals surface area contributed by atoms with E-state index < -0.39 is 5.60 Å². The number of carbonyl (C=O) groups excluding carboxylic acids is 2. The molecule has 2 aliphatic heterocycles. The monoisotopic (exact) mass is 502 g/mol. The Morgan fingerprint density at radius 2 is 1.78 bits per heavy atom. The zero-order chi connectivity index (χ0) is 26.7. The average molecular weight is 503 g/mol. The summed E-state index contributed by atoms with van der Waals surface area (Å²) in [6, 6.07) is 11.9. The topological polar surface area (TPSA) is 99.2 Å². The van der Waals surface area contributed by atoms with E-state index in [1.165, 1.54) is 0 Å². The van der Waals surface area contributed by atoms with Crippen molar-refractivity contribution in [3.05, 3.63) is 58.7 Å². The van der Waals surface area contributed by atoms with Gasteiger partial charge in [-0.2, -0.15) is 0 Å². The van der Waals surface area contributed by atoms with Crippen LogP contribution in [0.5, 0.6) is 0 Å². The van der Waals surface area contributed by atoms with Gasteiger partial charge in [-0.05, 0) is 68.0 Å². The fourth-order valence-corrected chi connectivity index (χ4v) is 5.10. The number of nitrogens with zero attached hydrogens (tertiary/aromatic N) is 3. The highest BCUT2D eigenvalue weighted by Gasteiger charge is 2.28. The maximum Gasteiger partial charge on any atom is 0.254 e. The van der Waals surface area contributed by atoms with Crippen molar-refractivity contribution >= 4 is 29.4 Å². The first-order valence-electron chi connectivity index (χ1n) is 13.2. The molecule has 0 radical (unpaired) electrons. The molecule has 2 amide bonds. The molecule has 7 heteroatoms. The Labute approximate surface area is 219 Å². The molecule has 2 aromatic rings. The number of amidine groups is 1. The highest BCUT2D eigenvalue weighted by Crippen LogP contribution is 2.33. The summed E-state index contributed by atoms with van der Waals surface area (Å²) in [6.07, 6.45) is 4.81. The van der Waals surface area contributed by atoms with Gasteiger partial charge in [0.05, 0.1) is 11.3 Å². The maximum atomic E-state index is 13.2. The zero-order valence-corrected chi connectivity index (χ0v) is 22.4. The third kappa shape index (κ3) is 6.10. The Morgan fingerprint density at radius 3 is 2.46 bits per heavy atom. The van der Waals surface area contributed by atoms with E-state index in [9.17, 15) is 14.7 Å². The largest absolute Gasteiger partial charge is 0.389 e. The molecule has 2 aliphatic rings. The Morgan fingerprint density at radius 1 is 1.11 bits per heavy atom. The second-order valence-corrected chi connectivity index (χ2v) is 10.7. The Kier molecular flexibility index (Phi) is 7.83. The van der Waals surface area contributed by atoms with Gasteiger partial charge in [0.1, 0.15) is 5.84 Å². The highest BCUT2D eigenvalue weighted by atomic mass is 16.3. The minimum atomic E-state index is -0.930. The molecule has 0 aliphatic carbocycles. The van der Waals surface area contributed by atoms with Crippen LogP contribution in [0, 0.1) is 0 Å². The summed E-state index contributed by atoms with van der Waals surface area (Å²) in [5.74, 6) is 0.403. The van der Waals surface area contributed by atoms with Gasteiger partial charge in [-0.1, -0.05) is 38.1 Å². The van der Waals surface area contributed by atoms with E-state index in [2.05, 4.69) is 24.9 Å². The molecule has 0 spiro atoms. The number of carbonyl (C=O) groups is 2. The van der Waals surface area contributed by atoms with Crippen molar-refractivity contribution in [3.63, 3.8) is 0 Å². The summed E-state index contributed by atoms with van der Waals surface area (Å²) in [5.41, 5.74) is 11.3. The summed E-state index contributed by atoms with van der Waals surface area (Å²) in [5, 5.41) is 10.1. The Balaban J connectivity index is 1.62. The third-order valence-electron chi connectivity index (χ3n) is 6.73. The molecule has 0 saturated carbocycles. The second kappa shape index (κ2) is 10.9. The maximum absolute atomic E-state index is 13.2. The molecule has 0 saturated heterocycles. The molecule has 2 aromatic carbocycles. The highest BCUT2D eigenvalue weighted by molar-refractivity contribution is 6.05. The molecule has 196 valence electrons. The normalized spacial score (nSPS) is 15.4. The van der Waals surface area contributed by atoms with Crippen LogP contribution >= 0.6 is 0 Å². The summed E-state index contributed by atoms with van der Waals surface area (Å²) in [7, 11) is 0. The summed E-state index contributed by atoms with van der Waals surface area (Å²) < 4.78 is 0. The molecule has 0 aromatic heterocycles. The van der Waals surface area contributed by atoms with Crippen LogP contribution in [-0.4, -0.2) is 64.3 Å². The van der Waals surface area contributed by atoms with Crippen molar-refractivity contribution in [1.29, 1.82) is 0 Å². The molecule has 37 heavy (non-hydrogen) atoms. The SMILES string of the molecule is CCCN(CCC)C(=O)C1=Cc2ccc(-c3ccc4c(c3)CCN(CC(C)(C)O)C4=O)cc2N=C(N)C1. The van der Waals surface area contributed by atoms with Crippen LogP contribution in [0.15, 0.2) is 47.0 Å². The van der Waals surface area contributed by atoms with E-state index in [-0.39, 0.29) is 11.8 Å².